The topological polar surface area (TPSA) is 0 Å². The summed E-state index contributed by atoms with van der Waals surface area (Å²) < 4.78 is 29.2. The summed E-state index contributed by atoms with van der Waals surface area (Å²) in [6.45, 7) is 6.25. The Labute approximate surface area is 107 Å². The molecular weight excluding hydrogens is 230 g/mol. The molecule has 2 heteroatoms. The Balaban J connectivity index is 1.84. The molecule has 0 radical (unpaired) electrons. The summed E-state index contributed by atoms with van der Waals surface area (Å²) in [5.74, 6) is -2.12. The number of alkyl halides is 2. The summed E-state index contributed by atoms with van der Waals surface area (Å²) in [7, 11) is 0. The zero-order valence-electron chi connectivity index (χ0n) is 11.3. The first-order valence-electron chi connectivity index (χ1n) is 6.76. The maximum atomic E-state index is 14.6. The molecule has 0 aromatic heterocycles. The van der Waals surface area contributed by atoms with Gasteiger partial charge >= 0.3 is 0 Å². The number of rotatable bonds is 3. The van der Waals surface area contributed by atoms with Gasteiger partial charge in [-0.1, -0.05) is 43.7 Å². The van der Waals surface area contributed by atoms with Gasteiger partial charge in [-0.3, -0.25) is 0 Å². The Bertz CT molecular complexity index is 451. The molecule has 0 atom stereocenters. The van der Waals surface area contributed by atoms with E-state index < -0.39 is 11.3 Å². The van der Waals surface area contributed by atoms with Gasteiger partial charge in [0.05, 0.1) is 0 Å². The van der Waals surface area contributed by atoms with E-state index in [-0.39, 0.29) is 11.0 Å². The van der Waals surface area contributed by atoms with Gasteiger partial charge in [-0.15, -0.1) is 0 Å². The minimum absolute atomic E-state index is 0.199. The Morgan fingerprint density at radius 3 is 2.00 bits per heavy atom. The standard InChI is InChI=1S/C16H20F2/c1-11(2)14-8-15(9-14,10-14)16(17,18)13-6-4-12(3)5-7-13/h4-7,11H,8-10H2,1-3H3. The van der Waals surface area contributed by atoms with E-state index in [0.717, 1.165) is 5.56 Å². The summed E-state index contributed by atoms with van der Waals surface area (Å²) in [6.07, 6.45) is 2.12. The van der Waals surface area contributed by atoms with Crippen LogP contribution in [0.15, 0.2) is 24.3 Å². The van der Waals surface area contributed by atoms with E-state index in [9.17, 15) is 8.78 Å². The first kappa shape index (κ1) is 12.1. The third-order valence-electron chi connectivity index (χ3n) is 5.38. The third-order valence-corrected chi connectivity index (χ3v) is 5.38. The van der Waals surface area contributed by atoms with Crippen molar-refractivity contribution in [2.24, 2.45) is 16.7 Å². The molecule has 0 heterocycles. The summed E-state index contributed by atoms with van der Waals surface area (Å²) in [5.41, 5.74) is 0.733. The van der Waals surface area contributed by atoms with Gasteiger partial charge in [0.25, 0.3) is 5.92 Å². The number of hydrogen-bond donors (Lipinski definition) is 0. The van der Waals surface area contributed by atoms with Crippen molar-refractivity contribution in [3.8, 4) is 0 Å². The lowest BCUT2D eigenvalue weighted by Gasteiger charge is -2.74. The van der Waals surface area contributed by atoms with E-state index in [1.54, 1.807) is 24.3 Å². The zero-order valence-corrected chi connectivity index (χ0v) is 11.3. The van der Waals surface area contributed by atoms with Gasteiger partial charge in [0, 0.05) is 11.0 Å². The first-order valence-corrected chi connectivity index (χ1v) is 6.76. The molecule has 3 saturated carbocycles. The van der Waals surface area contributed by atoms with Crippen LogP contribution in [0.3, 0.4) is 0 Å². The lowest BCUT2D eigenvalue weighted by atomic mass is 9.30. The predicted molar refractivity (Wildman–Crippen MR) is 68.6 cm³/mol. The molecule has 0 unspecified atom stereocenters. The van der Waals surface area contributed by atoms with Crippen LogP contribution in [-0.4, -0.2) is 0 Å². The fourth-order valence-electron chi connectivity index (χ4n) is 3.88. The zero-order chi connectivity index (χ0) is 13.2. The van der Waals surface area contributed by atoms with Crippen molar-refractivity contribution >= 4 is 0 Å². The molecule has 0 aliphatic heterocycles. The molecule has 0 amide bonds. The molecule has 1 aromatic rings. The van der Waals surface area contributed by atoms with Crippen LogP contribution in [0.2, 0.25) is 0 Å². The SMILES string of the molecule is Cc1ccc(C(F)(F)C23CC(C(C)C)(C2)C3)cc1. The predicted octanol–water partition coefficient (Wildman–Crippen LogP) is 4.91. The molecule has 2 bridgehead atoms. The molecule has 1 aromatic carbocycles. The van der Waals surface area contributed by atoms with Gasteiger partial charge in [0.2, 0.25) is 0 Å². The second-order valence-corrected chi connectivity index (χ2v) is 6.77. The first-order chi connectivity index (χ1) is 8.31. The van der Waals surface area contributed by atoms with Crippen LogP contribution in [0.4, 0.5) is 8.78 Å². The fraction of sp³-hybridized carbons (Fsp3) is 0.625. The summed E-state index contributed by atoms with van der Waals surface area (Å²) in [6, 6.07) is 6.76. The van der Waals surface area contributed by atoms with Crippen LogP contribution in [0.1, 0.15) is 44.2 Å². The van der Waals surface area contributed by atoms with E-state index >= 15 is 0 Å². The quantitative estimate of drug-likeness (QED) is 0.714. The third kappa shape index (κ3) is 1.29. The van der Waals surface area contributed by atoms with Crippen molar-refractivity contribution in [2.75, 3.05) is 0 Å². The number of halogens is 2. The van der Waals surface area contributed by atoms with Crippen LogP contribution in [0.25, 0.3) is 0 Å². The second kappa shape index (κ2) is 3.34. The summed E-state index contributed by atoms with van der Waals surface area (Å²) >= 11 is 0. The maximum absolute atomic E-state index is 14.6. The molecule has 0 N–H and O–H groups in total. The fourth-order valence-corrected chi connectivity index (χ4v) is 3.88. The normalized spacial score (nSPS) is 34.1. The Kier molecular flexibility index (Phi) is 2.25. The Morgan fingerprint density at radius 2 is 1.56 bits per heavy atom. The van der Waals surface area contributed by atoms with E-state index in [1.807, 2.05) is 6.92 Å². The minimum atomic E-state index is -2.66. The molecule has 0 nitrogen and oxygen atoms in total. The number of aryl methyl sites for hydroxylation is 1. The van der Waals surface area contributed by atoms with Crippen LogP contribution >= 0.6 is 0 Å². The molecule has 4 rings (SSSR count). The van der Waals surface area contributed by atoms with Crippen molar-refractivity contribution in [2.45, 2.75) is 46.0 Å². The molecule has 3 fully saturated rings. The van der Waals surface area contributed by atoms with Gasteiger partial charge in [-0.25, -0.2) is 8.78 Å². The van der Waals surface area contributed by atoms with Crippen LogP contribution in [0.5, 0.6) is 0 Å². The maximum Gasteiger partial charge on any atom is 0.278 e. The molecule has 0 spiro atoms. The highest BCUT2D eigenvalue weighted by molar-refractivity contribution is 5.33. The number of benzene rings is 1. The van der Waals surface area contributed by atoms with E-state index in [4.69, 9.17) is 0 Å². The van der Waals surface area contributed by atoms with Crippen LogP contribution in [-0.2, 0) is 5.92 Å². The molecule has 18 heavy (non-hydrogen) atoms. The van der Waals surface area contributed by atoms with Crippen molar-refractivity contribution in [1.29, 1.82) is 0 Å². The number of hydrogen-bond acceptors (Lipinski definition) is 0. The van der Waals surface area contributed by atoms with E-state index in [2.05, 4.69) is 13.8 Å². The van der Waals surface area contributed by atoms with E-state index in [0.29, 0.717) is 25.2 Å². The highest BCUT2D eigenvalue weighted by Crippen LogP contribution is 2.82. The molecule has 98 valence electrons. The summed E-state index contributed by atoms with van der Waals surface area (Å²) in [5, 5.41) is 0. The Morgan fingerprint density at radius 1 is 1.06 bits per heavy atom. The molecular formula is C16H20F2. The van der Waals surface area contributed by atoms with E-state index in [1.165, 1.54) is 0 Å². The molecule has 3 aliphatic rings. The van der Waals surface area contributed by atoms with Gasteiger partial charge in [-0.2, -0.15) is 0 Å². The van der Waals surface area contributed by atoms with Crippen LogP contribution < -0.4 is 0 Å². The van der Waals surface area contributed by atoms with Crippen LogP contribution in [0, 0.1) is 23.7 Å². The smallest absolute Gasteiger partial charge is 0.201 e. The molecule has 0 saturated heterocycles. The minimum Gasteiger partial charge on any atom is -0.201 e. The largest absolute Gasteiger partial charge is 0.278 e. The monoisotopic (exact) mass is 250 g/mol. The van der Waals surface area contributed by atoms with Gasteiger partial charge < -0.3 is 0 Å². The molecule has 3 aliphatic carbocycles. The highest BCUT2D eigenvalue weighted by Gasteiger charge is 2.77. The van der Waals surface area contributed by atoms with Crippen molar-refractivity contribution in [3.63, 3.8) is 0 Å². The average molecular weight is 250 g/mol. The summed E-state index contributed by atoms with van der Waals surface area (Å²) in [4.78, 5) is 0. The lowest BCUT2D eigenvalue weighted by molar-refractivity contribution is -0.335. The van der Waals surface area contributed by atoms with Crippen molar-refractivity contribution < 1.29 is 8.78 Å². The highest BCUT2D eigenvalue weighted by atomic mass is 19.3. The lowest BCUT2D eigenvalue weighted by Crippen LogP contribution is -2.69. The Hall–Kier alpha value is -0.920. The van der Waals surface area contributed by atoms with Gasteiger partial charge in [-0.05, 0) is 37.5 Å². The van der Waals surface area contributed by atoms with Gasteiger partial charge in [0.1, 0.15) is 0 Å². The van der Waals surface area contributed by atoms with Gasteiger partial charge in [0.15, 0.2) is 0 Å². The second-order valence-electron chi connectivity index (χ2n) is 6.77. The van der Waals surface area contributed by atoms with Crippen molar-refractivity contribution in [1.82, 2.24) is 0 Å². The average Bonchev–Trinajstić information content (AvgIpc) is 2.12. The van der Waals surface area contributed by atoms with Crippen molar-refractivity contribution in [3.05, 3.63) is 35.4 Å².